The Morgan fingerprint density at radius 2 is 1.55 bits per heavy atom. The van der Waals surface area contributed by atoms with E-state index in [1.165, 1.54) is 11.1 Å². The lowest BCUT2D eigenvalue weighted by Gasteiger charge is -2.17. The summed E-state index contributed by atoms with van der Waals surface area (Å²) in [5, 5.41) is 14.3. The van der Waals surface area contributed by atoms with Crippen molar-refractivity contribution in [2.75, 3.05) is 13.2 Å². The first-order valence-corrected chi connectivity index (χ1v) is 11.4. The molecule has 7 nitrogen and oxygen atoms in total. The van der Waals surface area contributed by atoms with Crippen LogP contribution in [0, 0.1) is 5.92 Å². The van der Waals surface area contributed by atoms with Gasteiger partial charge in [0.2, 0.25) is 5.91 Å². The molecule has 2 unspecified atom stereocenters. The topological polar surface area (TPSA) is 105 Å². The summed E-state index contributed by atoms with van der Waals surface area (Å²) in [6.07, 6.45) is 0.885. The molecule has 33 heavy (non-hydrogen) atoms. The van der Waals surface area contributed by atoms with E-state index in [0.717, 1.165) is 11.1 Å². The number of hydrogen-bond acceptors (Lipinski definition) is 4. The summed E-state index contributed by atoms with van der Waals surface area (Å²) >= 11 is 0. The van der Waals surface area contributed by atoms with Gasteiger partial charge in [-0.2, -0.15) is 0 Å². The molecule has 2 amide bonds. The fourth-order valence-electron chi connectivity index (χ4n) is 4.11. The first kappa shape index (κ1) is 24.3. The number of ether oxygens (including phenoxy) is 1. The predicted octanol–water partition coefficient (Wildman–Crippen LogP) is 4.31. The standard InChI is InChI=1S/C26H32N2O5/c1-17(11-14-25(30)31)15-27-24(29)13-12-18(2)28-26(32)33-16-23-21-9-5-3-7-19(21)20-8-4-6-10-22(20)23/h3-10,17-18,23H,11-16H2,1-2H3,(H,27,29)(H,28,32)(H,30,31). The van der Waals surface area contributed by atoms with Crippen molar-refractivity contribution in [2.45, 2.75) is 51.5 Å². The molecule has 0 fully saturated rings. The summed E-state index contributed by atoms with van der Waals surface area (Å²) in [7, 11) is 0. The highest BCUT2D eigenvalue weighted by atomic mass is 16.5. The second-order valence-electron chi connectivity index (χ2n) is 8.75. The number of carboxylic acids is 1. The third-order valence-electron chi connectivity index (χ3n) is 6.01. The van der Waals surface area contributed by atoms with E-state index in [1.54, 1.807) is 0 Å². The number of benzene rings is 2. The number of rotatable bonds is 11. The number of aliphatic carboxylic acids is 1. The van der Waals surface area contributed by atoms with Crippen LogP contribution in [0.25, 0.3) is 11.1 Å². The summed E-state index contributed by atoms with van der Waals surface area (Å²) in [6.45, 7) is 4.44. The summed E-state index contributed by atoms with van der Waals surface area (Å²) in [5.74, 6) is -0.839. The van der Waals surface area contributed by atoms with E-state index >= 15 is 0 Å². The number of alkyl carbamates (subject to hydrolysis) is 1. The minimum Gasteiger partial charge on any atom is -0.481 e. The molecule has 176 valence electrons. The van der Waals surface area contributed by atoms with Crippen LogP contribution in [-0.2, 0) is 14.3 Å². The van der Waals surface area contributed by atoms with E-state index in [0.29, 0.717) is 19.4 Å². The minimum atomic E-state index is -0.832. The number of carbonyl (C=O) groups is 3. The second-order valence-corrected chi connectivity index (χ2v) is 8.75. The smallest absolute Gasteiger partial charge is 0.407 e. The van der Waals surface area contributed by atoms with Crippen molar-refractivity contribution in [1.82, 2.24) is 10.6 Å². The van der Waals surface area contributed by atoms with Gasteiger partial charge in [-0.3, -0.25) is 9.59 Å². The Labute approximate surface area is 194 Å². The third-order valence-corrected chi connectivity index (χ3v) is 6.01. The van der Waals surface area contributed by atoms with Crippen LogP contribution in [0.3, 0.4) is 0 Å². The van der Waals surface area contributed by atoms with Crippen molar-refractivity contribution in [3.05, 3.63) is 59.7 Å². The van der Waals surface area contributed by atoms with Crippen LogP contribution in [-0.4, -0.2) is 42.3 Å². The van der Waals surface area contributed by atoms with Gasteiger partial charge < -0.3 is 20.5 Å². The van der Waals surface area contributed by atoms with Crippen molar-refractivity contribution in [3.63, 3.8) is 0 Å². The molecule has 0 radical (unpaired) electrons. The lowest BCUT2D eigenvalue weighted by Crippen LogP contribution is -2.35. The lowest BCUT2D eigenvalue weighted by atomic mass is 9.98. The Kier molecular flexibility index (Phi) is 8.46. The molecule has 0 saturated carbocycles. The largest absolute Gasteiger partial charge is 0.481 e. The molecule has 7 heteroatoms. The highest BCUT2D eigenvalue weighted by molar-refractivity contribution is 5.79. The van der Waals surface area contributed by atoms with Crippen molar-refractivity contribution in [1.29, 1.82) is 0 Å². The molecule has 3 N–H and O–H groups in total. The molecule has 3 rings (SSSR count). The Balaban J connectivity index is 1.40. The van der Waals surface area contributed by atoms with Gasteiger partial charge in [-0.1, -0.05) is 55.5 Å². The highest BCUT2D eigenvalue weighted by Crippen LogP contribution is 2.44. The number of hydrogen-bond donors (Lipinski definition) is 3. The van der Waals surface area contributed by atoms with Crippen molar-refractivity contribution in [3.8, 4) is 11.1 Å². The summed E-state index contributed by atoms with van der Waals surface area (Å²) < 4.78 is 5.54. The van der Waals surface area contributed by atoms with Crippen LogP contribution in [0.1, 0.15) is 56.6 Å². The number of fused-ring (bicyclic) bond motifs is 3. The molecule has 2 atom stereocenters. The molecule has 0 spiro atoms. The van der Waals surface area contributed by atoms with Gasteiger partial charge in [0.25, 0.3) is 0 Å². The zero-order valence-electron chi connectivity index (χ0n) is 19.2. The van der Waals surface area contributed by atoms with Crippen molar-refractivity contribution in [2.24, 2.45) is 5.92 Å². The average Bonchev–Trinajstić information content (AvgIpc) is 3.12. The fraction of sp³-hybridized carbons (Fsp3) is 0.423. The number of carbonyl (C=O) groups excluding carboxylic acids is 2. The molecule has 0 aliphatic heterocycles. The molecule has 0 saturated heterocycles. The molecule has 0 bridgehead atoms. The molecule has 0 heterocycles. The van der Waals surface area contributed by atoms with E-state index in [9.17, 15) is 14.4 Å². The summed E-state index contributed by atoms with van der Waals surface area (Å²) in [5.41, 5.74) is 4.68. The molecular weight excluding hydrogens is 420 g/mol. The van der Waals surface area contributed by atoms with Crippen molar-refractivity contribution >= 4 is 18.0 Å². The maximum Gasteiger partial charge on any atom is 0.407 e. The van der Waals surface area contributed by atoms with Crippen LogP contribution in [0.4, 0.5) is 4.79 Å². The van der Waals surface area contributed by atoms with Gasteiger partial charge in [-0.15, -0.1) is 0 Å². The van der Waals surface area contributed by atoms with Crippen LogP contribution >= 0.6 is 0 Å². The molecule has 1 aliphatic rings. The Morgan fingerprint density at radius 3 is 2.15 bits per heavy atom. The van der Waals surface area contributed by atoms with Gasteiger partial charge in [0.15, 0.2) is 0 Å². The van der Waals surface area contributed by atoms with Gasteiger partial charge >= 0.3 is 12.1 Å². The Bertz CT molecular complexity index is 945. The molecule has 1 aliphatic carbocycles. The van der Waals surface area contributed by atoms with Crippen LogP contribution in [0.5, 0.6) is 0 Å². The normalized spacial score (nSPS) is 14.0. The lowest BCUT2D eigenvalue weighted by molar-refractivity contribution is -0.137. The number of carboxylic acid groups (broad SMARTS) is 1. The maximum atomic E-state index is 12.3. The fourth-order valence-corrected chi connectivity index (χ4v) is 4.11. The van der Waals surface area contributed by atoms with E-state index in [1.807, 2.05) is 38.1 Å². The van der Waals surface area contributed by atoms with Crippen LogP contribution < -0.4 is 10.6 Å². The first-order valence-electron chi connectivity index (χ1n) is 11.4. The van der Waals surface area contributed by atoms with Gasteiger partial charge in [0.05, 0.1) is 0 Å². The van der Waals surface area contributed by atoms with E-state index in [4.69, 9.17) is 9.84 Å². The molecule has 0 aromatic heterocycles. The molecule has 2 aromatic rings. The van der Waals surface area contributed by atoms with Gasteiger partial charge in [0.1, 0.15) is 6.61 Å². The quantitative estimate of drug-likeness (QED) is 0.471. The summed E-state index contributed by atoms with van der Waals surface area (Å²) in [6, 6.07) is 16.1. The van der Waals surface area contributed by atoms with Gasteiger partial charge in [0, 0.05) is 31.3 Å². The van der Waals surface area contributed by atoms with Gasteiger partial charge in [-0.25, -0.2) is 4.79 Å². The molecule has 2 aromatic carbocycles. The zero-order chi connectivity index (χ0) is 23.8. The number of nitrogens with one attached hydrogen (secondary N) is 2. The van der Waals surface area contributed by atoms with E-state index < -0.39 is 12.1 Å². The highest BCUT2D eigenvalue weighted by Gasteiger charge is 2.29. The van der Waals surface area contributed by atoms with E-state index in [-0.39, 0.29) is 43.2 Å². The van der Waals surface area contributed by atoms with E-state index in [2.05, 4.69) is 34.9 Å². The van der Waals surface area contributed by atoms with Crippen molar-refractivity contribution < 1.29 is 24.2 Å². The average molecular weight is 453 g/mol. The summed E-state index contributed by atoms with van der Waals surface area (Å²) in [4.78, 5) is 35.0. The van der Waals surface area contributed by atoms with Gasteiger partial charge in [-0.05, 0) is 47.9 Å². The molecular formula is C26H32N2O5. The first-order chi connectivity index (χ1) is 15.8. The van der Waals surface area contributed by atoms with Crippen LogP contribution in [0.2, 0.25) is 0 Å². The second kappa shape index (κ2) is 11.5. The zero-order valence-corrected chi connectivity index (χ0v) is 19.2. The SMILES string of the molecule is CC(CCC(=O)O)CNC(=O)CCC(C)NC(=O)OCC1c2ccccc2-c2ccccc21. The minimum absolute atomic E-state index is 0.00681. The Hall–Kier alpha value is -3.35. The van der Waals surface area contributed by atoms with Crippen LogP contribution in [0.15, 0.2) is 48.5 Å². The Morgan fingerprint density at radius 1 is 0.939 bits per heavy atom. The number of amides is 2. The third kappa shape index (κ3) is 6.81. The maximum absolute atomic E-state index is 12.3. The predicted molar refractivity (Wildman–Crippen MR) is 126 cm³/mol. The monoisotopic (exact) mass is 452 g/mol.